The number of nitrogens with zero attached hydrogens (tertiary/aromatic N) is 3. The lowest BCUT2D eigenvalue weighted by molar-refractivity contribution is 0.616. The van der Waals surface area contributed by atoms with Crippen molar-refractivity contribution in [2.45, 2.75) is 72.4 Å². The van der Waals surface area contributed by atoms with Crippen LogP contribution >= 0.6 is 0 Å². The average molecular weight is 319 g/mol. The first-order chi connectivity index (χ1) is 11.0. The molecular formula is C18H33N5. The van der Waals surface area contributed by atoms with Gasteiger partial charge in [0.05, 0.1) is 5.69 Å². The van der Waals surface area contributed by atoms with E-state index in [2.05, 4.69) is 55.3 Å². The minimum atomic E-state index is 0.331. The highest BCUT2D eigenvalue weighted by Crippen LogP contribution is 2.34. The summed E-state index contributed by atoms with van der Waals surface area (Å²) in [7, 11) is 2.01. The fraction of sp³-hybridized carbons (Fsp3) is 0.778. The number of aromatic nitrogens is 2. The van der Waals surface area contributed by atoms with E-state index in [-0.39, 0.29) is 0 Å². The van der Waals surface area contributed by atoms with Gasteiger partial charge in [0.25, 0.3) is 0 Å². The van der Waals surface area contributed by atoms with Gasteiger partial charge in [0.1, 0.15) is 0 Å². The van der Waals surface area contributed by atoms with Crippen molar-refractivity contribution in [2.75, 3.05) is 6.54 Å². The molecule has 0 aromatic carbocycles. The molecule has 1 fully saturated rings. The first kappa shape index (κ1) is 17.8. The fourth-order valence-electron chi connectivity index (χ4n) is 3.28. The van der Waals surface area contributed by atoms with E-state index in [9.17, 15) is 0 Å². The van der Waals surface area contributed by atoms with E-state index in [4.69, 9.17) is 0 Å². The molecule has 3 unspecified atom stereocenters. The predicted octanol–water partition coefficient (Wildman–Crippen LogP) is 2.71. The quantitative estimate of drug-likeness (QED) is 0.600. The second-order valence-corrected chi connectivity index (χ2v) is 6.88. The van der Waals surface area contributed by atoms with Crippen LogP contribution < -0.4 is 10.6 Å². The molecule has 23 heavy (non-hydrogen) atoms. The summed E-state index contributed by atoms with van der Waals surface area (Å²) >= 11 is 0. The number of hydrogen-bond acceptors (Lipinski definition) is 2. The van der Waals surface area contributed by atoms with E-state index in [0.717, 1.165) is 30.5 Å². The average Bonchev–Trinajstić information content (AvgIpc) is 3.16. The summed E-state index contributed by atoms with van der Waals surface area (Å²) in [6.45, 7) is 11.6. The van der Waals surface area contributed by atoms with Crippen LogP contribution in [0.1, 0.15) is 57.0 Å². The molecule has 1 aromatic heterocycles. The molecule has 5 heteroatoms. The summed E-state index contributed by atoms with van der Waals surface area (Å²) < 4.78 is 1.97. The van der Waals surface area contributed by atoms with Crippen LogP contribution in [0, 0.1) is 19.8 Å². The Morgan fingerprint density at radius 3 is 2.70 bits per heavy atom. The van der Waals surface area contributed by atoms with Crippen LogP contribution in [-0.2, 0) is 13.5 Å². The maximum atomic E-state index is 4.60. The lowest BCUT2D eigenvalue weighted by atomic mass is 10.1. The third kappa shape index (κ3) is 4.72. The van der Waals surface area contributed by atoms with E-state index in [0.29, 0.717) is 12.1 Å². The van der Waals surface area contributed by atoms with Gasteiger partial charge in [-0.3, -0.25) is 9.67 Å². The van der Waals surface area contributed by atoms with Crippen molar-refractivity contribution in [3.63, 3.8) is 0 Å². The Balaban J connectivity index is 1.91. The van der Waals surface area contributed by atoms with Gasteiger partial charge in [-0.15, -0.1) is 0 Å². The molecule has 2 rings (SSSR count). The Hall–Kier alpha value is -1.52. The fourth-order valence-corrected chi connectivity index (χ4v) is 3.28. The minimum Gasteiger partial charge on any atom is -0.354 e. The molecule has 0 saturated heterocycles. The van der Waals surface area contributed by atoms with E-state index in [1.165, 1.54) is 30.5 Å². The van der Waals surface area contributed by atoms with Crippen LogP contribution in [0.25, 0.3) is 0 Å². The number of hydrogen-bond donors (Lipinski definition) is 2. The maximum Gasteiger partial charge on any atom is 0.191 e. The van der Waals surface area contributed by atoms with Gasteiger partial charge in [0.15, 0.2) is 5.96 Å². The number of aryl methyl sites for hydroxylation is 2. The van der Waals surface area contributed by atoms with Crippen molar-refractivity contribution < 1.29 is 0 Å². The van der Waals surface area contributed by atoms with Crippen LogP contribution in [-0.4, -0.2) is 34.4 Å². The molecule has 1 aliphatic carbocycles. The highest BCUT2D eigenvalue weighted by molar-refractivity contribution is 5.80. The Morgan fingerprint density at radius 1 is 1.39 bits per heavy atom. The lowest BCUT2D eigenvalue weighted by Gasteiger charge is -2.19. The molecule has 3 atom stereocenters. The van der Waals surface area contributed by atoms with Crippen molar-refractivity contribution in [3.8, 4) is 0 Å². The van der Waals surface area contributed by atoms with Gasteiger partial charge in [0, 0.05) is 31.4 Å². The van der Waals surface area contributed by atoms with Crippen molar-refractivity contribution >= 4 is 5.96 Å². The summed E-state index contributed by atoms with van der Waals surface area (Å²) in [4.78, 5) is 4.60. The summed E-state index contributed by atoms with van der Waals surface area (Å²) in [6, 6.07) is 0.944. The van der Waals surface area contributed by atoms with Crippen LogP contribution in [0.2, 0.25) is 0 Å². The standard InChI is InChI=1S/C18H33N5/c1-7-9-15-11-17(15)21-18(19-8-2)20-12(3)10-16-13(4)22-23(6)14(16)5/h12,15,17H,7-11H2,1-6H3,(H2,19,20,21). The van der Waals surface area contributed by atoms with Crippen molar-refractivity contribution in [3.05, 3.63) is 17.0 Å². The van der Waals surface area contributed by atoms with Crippen molar-refractivity contribution in [1.29, 1.82) is 0 Å². The van der Waals surface area contributed by atoms with Crippen LogP contribution in [0.15, 0.2) is 4.99 Å². The molecule has 0 amide bonds. The first-order valence-electron chi connectivity index (χ1n) is 9.02. The minimum absolute atomic E-state index is 0.331. The molecule has 5 nitrogen and oxygen atoms in total. The smallest absolute Gasteiger partial charge is 0.191 e. The Kier molecular flexibility index (Phi) is 6.08. The predicted molar refractivity (Wildman–Crippen MR) is 96.9 cm³/mol. The first-order valence-corrected chi connectivity index (χ1v) is 9.02. The molecule has 2 N–H and O–H groups in total. The van der Waals surface area contributed by atoms with Gasteiger partial charge in [0.2, 0.25) is 0 Å². The molecule has 0 bridgehead atoms. The Labute approximate surface area is 141 Å². The van der Waals surface area contributed by atoms with Gasteiger partial charge in [-0.25, -0.2) is 0 Å². The molecular weight excluding hydrogens is 286 g/mol. The highest BCUT2D eigenvalue weighted by atomic mass is 15.3. The number of aliphatic imine (C=N–C) groups is 1. The molecule has 1 aromatic rings. The van der Waals surface area contributed by atoms with Crippen LogP contribution in [0.5, 0.6) is 0 Å². The Bertz CT molecular complexity index is 546. The zero-order valence-corrected chi connectivity index (χ0v) is 15.6. The van der Waals surface area contributed by atoms with E-state index < -0.39 is 0 Å². The second-order valence-electron chi connectivity index (χ2n) is 6.88. The second kappa shape index (κ2) is 7.84. The van der Waals surface area contributed by atoms with E-state index >= 15 is 0 Å². The topological polar surface area (TPSA) is 54.2 Å². The molecule has 130 valence electrons. The number of nitrogens with one attached hydrogen (secondary N) is 2. The van der Waals surface area contributed by atoms with Gasteiger partial charge in [-0.1, -0.05) is 13.3 Å². The molecule has 0 aliphatic heterocycles. The molecule has 1 saturated carbocycles. The highest BCUT2D eigenvalue weighted by Gasteiger charge is 2.36. The van der Waals surface area contributed by atoms with Crippen LogP contribution in [0.4, 0.5) is 0 Å². The monoisotopic (exact) mass is 319 g/mol. The number of guanidine groups is 1. The van der Waals surface area contributed by atoms with Gasteiger partial charge >= 0.3 is 0 Å². The summed E-state index contributed by atoms with van der Waals surface area (Å²) in [5, 5.41) is 11.7. The summed E-state index contributed by atoms with van der Waals surface area (Å²) in [5.41, 5.74) is 3.73. The zero-order valence-electron chi connectivity index (χ0n) is 15.6. The molecule has 0 spiro atoms. The number of rotatable bonds is 7. The van der Waals surface area contributed by atoms with Gasteiger partial charge in [-0.2, -0.15) is 5.10 Å². The summed E-state index contributed by atoms with van der Waals surface area (Å²) in [5.74, 6) is 1.80. The van der Waals surface area contributed by atoms with Gasteiger partial charge in [-0.05, 0) is 58.4 Å². The van der Waals surface area contributed by atoms with E-state index in [1.54, 1.807) is 0 Å². The van der Waals surface area contributed by atoms with E-state index in [1.807, 2.05) is 11.7 Å². The SMILES string of the molecule is CCCC1CC1NC(=NCC)NC(C)Cc1c(C)nn(C)c1C. The summed E-state index contributed by atoms with van der Waals surface area (Å²) in [6.07, 6.45) is 4.85. The lowest BCUT2D eigenvalue weighted by Crippen LogP contribution is -2.44. The Morgan fingerprint density at radius 2 is 2.13 bits per heavy atom. The van der Waals surface area contributed by atoms with Gasteiger partial charge < -0.3 is 10.6 Å². The molecule has 0 radical (unpaired) electrons. The molecule has 1 heterocycles. The maximum absolute atomic E-state index is 4.60. The zero-order chi connectivity index (χ0) is 17.0. The third-order valence-corrected chi connectivity index (χ3v) is 4.77. The largest absolute Gasteiger partial charge is 0.354 e. The third-order valence-electron chi connectivity index (χ3n) is 4.77. The van der Waals surface area contributed by atoms with Crippen LogP contribution in [0.3, 0.4) is 0 Å². The molecule has 1 aliphatic rings. The van der Waals surface area contributed by atoms with Crippen molar-refractivity contribution in [1.82, 2.24) is 20.4 Å². The van der Waals surface area contributed by atoms with Crippen molar-refractivity contribution in [2.24, 2.45) is 18.0 Å². The normalized spacial score (nSPS) is 22.1.